The van der Waals surface area contributed by atoms with E-state index in [0.29, 0.717) is 17.8 Å². The first-order valence-corrected chi connectivity index (χ1v) is 20.4. The molecule has 2 nitrogen and oxygen atoms in total. The van der Waals surface area contributed by atoms with Crippen LogP contribution in [0, 0.1) is 0 Å². The summed E-state index contributed by atoms with van der Waals surface area (Å²) < 4.78 is 0. The number of unbranched alkanes of at least 4 members (excludes halogenated alkanes) is 12. The van der Waals surface area contributed by atoms with Gasteiger partial charge in [-0.05, 0) is 76.9 Å². The summed E-state index contributed by atoms with van der Waals surface area (Å²) in [7, 11) is 0. The number of nitrogens with two attached hydrogens (primary N) is 2. The van der Waals surface area contributed by atoms with Gasteiger partial charge in [0.15, 0.2) is 0 Å². The van der Waals surface area contributed by atoms with Crippen LogP contribution in [0.4, 0.5) is 11.4 Å². The Labute approximate surface area is 306 Å². The van der Waals surface area contributed by atoms with Crippen molar-refractivity contribution >= 4 is 11.4 Å². The summed E-state index contributed by atoms with van der Waals surface area (Å²) in [5.41, 5.74) is 22.3. The van der Waals surface area contributed by atoms with E-state index in [1.54, 1.807) is 0 Å². The molecule has 4 rings (SSSR count). The summed E-state index contributed by atoms with van der Waals surface area (Å²) in [5.74, 6) is 1.22. The average Bonchev–Trinajstić information content (AvgIpc) is 3.14. The third-order valence-electron chi connectivity index (χ3n) is 10.9. The van der Waals surface area contributed by atoms with Gasteiger partial charge < -0.3 is 11.5 Å². The first kappa shape index (κ1) is 39.3. The Bertz CT molecular complexity index is 1330. The molecule has 0 heterocycles. The quantitative estimate of drug-likeness (QED) is 0.0575. The summed E-state index contributed by atoms with van der Waals surface area (Å²) in [6, 6.07) is 36.5. The van der Waals surface area contributed by atoms with Crippen LogP contribution in [0.2, 0.25) is 0 Å². The van der Waals surface area contributed by atoms with E-state index in [4.69, 9.17) is 11.5 Å². The van der Waals surface area contributed by atoms with Gasteiger partial charge in [0.1, 0.15) is 0 Å². The topological polar surface area (TPSA) is 52.0 Å². The fourth-order valence-corrected chi connectivity index (χ4v) is 7.86. The third-order valence-corrected chi connectivity index (χ3v) is 10.9. The zero-order valence-electron chi connectivity index (χ0n) is 31.9. The lowest BCUT2D eigenvalue weighted by Crippen LogP contribution is -2.06. The molecule has 2 atom stereocenters. The Balaban J connectivity index is 1.48. The van der Waals surface area contributed by atoms with Gasteiger partial charge in [0.25, 0.3) is 0 Å². The minimum Gasteiger partial charge on any atom is -0.399 e. The predicted molar refractivity (Wildman–Crippen MR) is 220 cm³/mol. The average molecular weight is 673 g/mol. The maximum absolute atomic E-state index is 6.08. The zero-order valence-corrected chi connectivity index (χ0v) is 31.9. The maximum atomic E-state index is 6.08. The lowest BCUT2D eigenvalue weighted by molar-refractivity contribution is 0.558. The number of anilines is 2. The van der Waals surface area contributed by atoms with E-state index in [0.717, 1.165) is 24.2 Å². The molecule has 0 aliphatic carbocycles. The molecule has 4 N–H and O–H groups in total. The number of benzene rings is 4. The van der Waals surface area contributed by atoms with Crippen molar-refractivity contribution in [1.82, 2.24) is 0 Å². The van der Waals surface area contributed by atoms with Gasteiger partial charge in [-0.3, -0.25) is 0 Å². The molecule has 0 aliphatic rings. The molecule has 4 aromatic carbocycles. The van der Waals surface area contributed by atoms with Crippen LogP contribution in [0.15, 0.2) is 97.1 Å². The fraction of sp³-hybridized carbons (Fsp3) is 0.500. The van der Waals surface area contributed by atoms with E-state index in [2.05, 4.69) is 118 Å². The second-order valence-electron chi connectivity index (χ2n) is 14.9. The van der Waals surface area contributed by atoms with E-state index >= 15 is 0 Å². The Morgan fingerprint density at radius 3 is 0.820 bits per heavy atom. The van der Waals surface area contributed by atoms with Crippen molar-refractivity contribution in [1.29, 1.82) is 0 Å². The molecule has 0 amide bonds. The number of rotatable bonds is 24. The normalized spacial score (nSPS) is 13.3. The van der Waals surface area contributed by atoms with Crippen LogP contribution in [0.3, 0.4) is 0 Å². The predicted octanol–water partition coefficient (Wildman–Crippen LogP) is 14.3. The van der Waals surface area contributed by atoms with Gasteiger partial charge in [0.2, 0.25) is 0 Å². The lowest BCUT2D eigenvalue weighted by Gasteiger charge is -2.23. The van der Waals surface area contributed by atoms with Crippen molar-refractivity contribution in [2.75, 3.05) is 11.5 Å². The minimum absolute atomic E-state index is 0.402. The van der Waals surface area contributed by atoms with Crippen molar-refractivity contribution < 1.29 is 0 Å². The standard InChI is InChI=1S/C48H68N2/c1-4-7-9-11-13-15-17-20-47(42-30-34-44(49)35-31-42)40-26-22-38(23-27-40)46(19-6-3)39-24-28-41(29-25-39)48(43-32-36-45(50)37-33-43)21-18-16-14-12-10-8-5-2/h22-37,46-48H,4-21,49-50H2,1-3H3. The van der Waals surface area contributed by atoms with Gasteiger partial charge in [-0.25, -0.2) is 0 Å². The van der Waals surface area contributed by atoms with Crippen LogP contribution in [-0.4, -0.2) is 0 Å². The molecule has 0 aromatic heterocycles. The summed E-state index contributed by atoms with van der Waals surface area (Å²) in [5, 5.41) is 0. The monoisotopic (exact) mass is 673 g/mol. The Morgan fingerprint density at radius 1 is 0.300 bits per heavy atom. The van der Waals surface area contributed by atoms with E-state index in [9.17, 15) is 0 Å². The van der Waals surface area contributed by atoms with Crippen LogP contribution < -0.4 is 11.5 Å². The van der Waals surface area contributed by atoms with Crippen molar-refractivity contribution in [3.8, 4) is 0 Å². The molecule has 0 saturated heterocycles. The third kappa shape index (κ3) is 12.7. The van der Waals surface area contributed by atoms with Crippen molar-refractivity contribution in [2.45, 2.75) is 154 Å². The van der Waals surface area contributed by atoms with E-state index in [1.165, 1.54) is 136 Å². The van der Waals surface area contributed by atoms with E-state index < -0.39 is 0 Å². The van der Waals surface area contributed by atoms with Crippen LogP contribution >= 0.6 is 0 Å². The molecule has 0 aliphatic heterocycles. The number of nitrogen functional groups attached to an aromatic ring is 2. The van der Waals surface area contributed by atoms with Gasteiger partial charge in [-0.1, -0.05) is 190 Å². The van der Waals surface area contributed by atoms with Gasteiger partial charge in [-0.15, -0.1) is 0 Å². The molecule has 50 heavy (non-hydrogen) atoms. The van der Waals surface area contributed by atoms with Crippen LogP contribution in [0.5, 0.6) is 0 Å². The molecule has 2 unspecified atom stereocenters. The lowest BCUT2D eigenvalue weighted by atomic mass is 9.82. The second-order valence-corrected chi connectivity index (χ2v) is 14.9. The molecule has 0 fully saturated rings. The molecule has 0 radical (unpaired) electrons. The second kappa shape index (κ2) is 22.3. The first-order valence-electron chi connectivity index (χ1n) is 20.4. The molecular formula is C48H68N2. The van der Waals surface area contributed by atoms with Gasteiger partial charge >= 0.3 is 0 Å². The Hall–Kier alpha value is -3.52. The molecule has 0 spiro atoms. The highest BCUT2D eigenvalue weighted by molar-refractivity contribution is 5.45. The molecule has 0 bridgehead atoms. The highest BCUT2D eigenvalue weighted by Crippen LogP contribution is 2.36. The Morgan fingerprint density at radius 2 is 0.540 bits per heavy atom. The van der Waals surface area contributed by atoms with E-state index in [1.807, 2.05) is 0 Å². The Kier molecular flexibility index (Phi) is 17.5. The maximum Gasteiger partial charge on any atom is 0.0314 e. The van der Waals surface area contributed by atoms with Gasteiger partial charge in [0.05, 0.1) is 0 Å². The van der Waals surface area contributed by atoms with Crippen molar-refractivity contribution in [3.63, 3.8) is 0 Å². The van der Waals surface area contributed by atoms with Crippen LogP contribution in [0.1, 0.15) is 187 Å². The molecule has 270 valence electrons. The molecule has 4 aromatic rings. The highest BCUT2D eigenvalue weighted by Gasteiger charge is 2.19. The summed E-state index contributed by atoms with van der Waals surface area (Å²) in [6.07, 6.45) is 23.4. The van der Waals surface area contributed by atoms with Gasteiger partial charge in [-0.2, -0.15) is 0 Å². The minimum atomic E-state index is 0.402. The smallest absolute Gasteiger partial charge is 0.0314 e. The SMILES string of the molecule is CCCCCCCCCC(c1ccc(N)cc1)c1ccc(C(CCC)c2ccc(C(CCCCCCCCC)c3ccc(N)cc3)cc2)cc1. The highest BCUT2D eigenvalue weighted by atomic mass is 14.5. The van der Waals surface area contributed by atoms with Crippen molar-refractivity contribution in [2.24, 2.45) is 0 Å². The van der Waals surface area contributed by atoms with E-state index in [-0.39, 0.29) is 0 Å². The number of hydrogen-bond acceptors (Lipinski definition) is 2. The largest absolute Gasteiger partial charge is 0.399 e. The van der Waals surface area contributed by atoms with Crippen LogP contribution in [0.25, 0.3) is 0 Å². The summed E-state index contributed by atoms with van der Waals surface area (Å²) >= 11 is 0. The summed E-state index contributed by atoms with van der Waals surface area (Å²) in [6.45, 7) is 6.90. The zero-order chi connectivity index (χ0) is 35.4. The summed E-state index contributed by atoms with van der Waals surface area (Å²) in [4.78, 5) is 0. The molecular weight excluding hydrogens is 605 g/mol. The molecule has 2 heteroatoms. The van der Waals surface area contributed by atoms with Crippen LogP contribution in [-0.2, 0) is 0 Å². The van der Waals surface area contributed by atoms with Gasteiger partial charge in [0, 0.05) is 29.1 Å². The fourth-order valence-electron chi connectivity index (χ4n) is 7.86. The number of hydrogen-bond donors (Lipinski definition) is 2. The first-order chi connectivity index (χ1) is 24.5. The molecule has 0 saturated carbocycles. The van der Waals surface area contributed by atoms with Crippen molar-refractivity contribution in [3.05, 3.63) is 130 Å².